The van der Waals surface area contributed by atoms with Crippen LogP contribution in [0.25, 0.3) is 0 Å². The maximum absolute atomic E-state index is 6.09. The summed E-state index contributed by atoms with van der Waals surface area (Å²) in [7, 11) is 0. The summed E-state index contributed by atoms with van der Waals surface area (Å²) in [6.45, 7) is 0. The molecule has 2 N–H and O–H groups in total. The predicted octanol–water partition coefficient (Wildman–Crippen LogP) is 3.63. The van der Waals surface area contributed by atoms with Crippen molar-refractivity contribution in [3.05, 3.63) is 64.9 Å². The summed E-state index contributed by atoms with van der Waals surface area (Å²) in [5.74, 6) is 0. The third kappa shape index (κ3) is 3.86. The van der Waals surface area contributed by atoms with E-state index in [1.807, 2.05) is 36.4 Å². The lowest BCUT2D eigenvalue weighted by Crippen LogP contribution is -2.12. The second-order valence-electron chi connectivity index (χ2n) is 3.29. The molecule has 1 unspecified atom stereocenters. The predicted molar refractivity (Wildman–Crippen MR) is 76.2 cm³/mol. The van der Waals surface area contributed by atoms with Gasteiger partial charge in [0.05, 0.1) is 6.04 Å². The first-order valence-corrected chi connectivity index (χ1v) is 5.07. The van der Waals surface area contributed by atoms with Gasteiger partial charge in [0.2, 0.25) is 0 Å². The minimum atomic E-state index is -0.215. The molecule has 17 heavy (non-hydrogen) atoms. The average Bonchev–Trinajstić information content (AvgIpc) is 2.30. The van der Waals surface area contributed by atoms with Gasteiger partial charge in [-0.1, -0.05) is 35.9 Å². The Kier molecular flexibility index (Phi) is 7.16. The first kappa shape index (κ1) is 16.2. The number of nitrogens with zero attached hydrogens (tertiary/aromatic N) is 1. The van der Waals surface area contributed by atoms with Gasteiger partial charge in [0.1, 0.15) is 0 Å². The van der Waals surface area contributed by atoms with Crippen molar-refractivity contribution in [2.24, 2.45) is 5.73 Å². The highest BCUT2D eigenvalue weighted by Gasteiger charge is 2.11. The zero-order valence-electron chi connectivity index (χ0n) is 8.92. The Labute approximate surface area is 118 Å². The van der Waals surface area contributed by atoms with Crippen molar-refractivity contribution in [2.75, 3.05) is 0 Å². The smallest absolute Gasteiger partial charge is 0.0581 e. The van der Waals surface area contributed by atoms with Crippen LogP contribution in [-0.4, -0.2) is 4.98 Å². The van der Waals surface area contributed by atoms with Crippen LogP contribution in [0.2, 0.25) is 5.02 Å². The molecule has 0 amide bonds. The lowest BCUT2D eigenvalue weighted by molar-refractivity contribution is 0.863. The Bertz CT molecular complexity index is 449. The van der Waals surface area contributed by atoms with Gasteiger partial charge in [-0.2, -0.15) is 0 Å². The van der Waals surface area contributed by atoms with Crippen molar-refractivity contribution in [1.82, 2.24) is 4.98 Å². The maximum Gasteiger partial charge on any atom is 0.0581 e. The Morgan fingerprint density at radius 1 is 1.06 bits per heavy atom. The molecule has 1 atom stereocenters. The fourth-order valence-electron chi connectivity index (χ4n) is 1.47. The Morgan fingerprint density at radius 2 is 1.76 bits per heavy atom. The van der Waals surface area contributed by atoms with Crippen molar-refractivity contribution >= 4 is 36.4 Å². The molecular formula is C12H13Cl3N2. The lowest BCUT2D eigenvalue weighted by Gasteiger charge is -2.13. The van der Waals surface area contributed by atoms with Crippen LogP contribution >= 0.6 is 36.4 Å². The van der Waals surface area contributed by atoms with Crippen molar-refractivity contribution < 1.29 is 0 Å². The van der Waals surface area contributed by atoms with Crippen LogP contribution in [0.3, 0.4) is 0 Å². The highest BCUT2D eigenvalue weighted by molar-refractivity contribution is 6.31. The Morgan fingerprint density at radius 3 is 2.35 bits per heavy atom. The summed E-state index contributed by atoms with van der Waals surface area (Å²) in [6, 6.07) is 11.2. The summed E-state index contributed by atoms with van der Waals surface area (Å²) in [6.07, 6.45) is 3.48. The van der Waals surface area contributed by atoms with Crippen LogP contribution in [0.1, 0.15) is 17.2 Å². The van der Waals surface area contributed by atoms with Gasteiger partial charge >= 0.3 is 0 Å². The molecule has 0 saturated heterocycles. The number of halogens is 3. The Hall–Kier alpha value is -0.800. The molecule has 0 saturated carbocycles. The van der Waals surface area contributed by atoms with Crippen LogP contribution in [0.4, 0.5) is 0 Å². The molecular weight excluding hydrogens is 279 g/mol. The molecule has 1 aromatic heterocycles. The maximum atomic E-state index is 6.09. The van der Waals surface area contributed by atoms with E-state index in [0.29, 0.717) is 5.02 Å². The minimum absolute atomic E-state index is 0. The molecule has 0 bridgehead atoms. The van der Waals surface area contributed by atoms with Crippen molar-refractivity contribution in [2.45, 2.75) is 6.04 Å². The summed E-state index contributed by atoms with van der Waals surface area (Å²) >= 11 is 6.07. The van der Waals surface area contributed by atoms with E-state index in [4.69, 9.17) is 17.3 Å². The topological polar surface area (TPSA) is 38.9 Å². The molecule has 0 radical (unpaired) electrons. The van der Waals surface area contributed by atoms with Gasteiger partial charge in [-0.3, -0.25) is 4.98 Å². The highest BCUT2D eigenvalue weighted by atomic mass is 35.5. The van der Waals surface area contributed by atoms with Gasteiger partial charge < -0.3 is 5.73 Å². The summed E-state index contributed by atoms with van der Waals surface area (Å²) < 4.78 is 0. The second-order valence-corrected chi connectivity index (χ2v) is 3.69. The third-order valence-corrected chi connectivity index (χ3v) is 2.63. The number of pyridine rings is 1. The fraction of sp³-hybridized carbons (Fsp3) is 0.0833. The van der Waals surface area contributed by atoms with Gasteiger partial charge in [-0.05, 0) is 23.3 Å². The van der Waals surface area contributed by atoms with Gasteiger partial charge in [-0.25, -0.2) is 0 Å². The van der Waals surface area contributed by atoms with E-state index in [0.717, 1.165) is 11.1 Å². The van der Waals surface area contributed by atoms with Gasteiger partial charge in [0.15, 0.2) is 0 Å². The van der Waals surface area contributed by atoms with Crippen LogP contribution in [0, 0.1) is 0 Å². The molecule has 0 spiro atoms. The average molecular weight is 292 g/mol. The molecule has 5 heteroatoms. The van der Waals surface area contributed by atoms with Gasteiger partial charge in [-0.15, -0.1) is 24.8 Å². The molecule has 1 heterocycles. The zero-order valence-corrected chi connectivity index (χ0v) is 11.3. The van der Waals surface area contributed by atoms with E-state index >= 15 is 0 Å². The fourth-order valence-corrected chi connectivity index (χ4v) is 1.72. The molecule has 1 aromatic carbocycles. The largest absolute Gasteiger partial charge is 0.320 e. The number of rotatable bonds is 2. The number of benzene rings is 1. The second kappa shape index (κ2) is 7.51. The number of nitrogens with two attached hydrogens (primary N) is 1. The molecule has 0 fully saturated rings. The molecule has 0 aliphatic rings. The molecule has 0 aliphatic carbocycles. The first-order valence-electron chi connectivity index (χ1n) is 4.69. The monoisotopic (exact) mass is 290 g/mol. The van der Waals surface area contributed by atoms with Crippen LogP contribution in [0.15, 0.2) is 48.8 Å². The SMILES string of the molecule is Cl.Cl.NC(c1cccnc1)c1ccccc1Cl. The lowest BCUT2D eigenvalue weighted by atomic mass is 10.0. The van der Waals surface area contributed by atoms with Crippen molar-refractivity contribution in [3.8, 4) is 0 Å². The molecule has 2 nitrogen and oxygen atoms in total. The summed E-state index contributed by atoms with van der Waals surface area (Å²) in [5.41, 5.74) is 7.98. The van der Waals surface area contributed by atoms with E-state index in [2.05, 4.69) is 4.98 Å². The standard InChI is InChI=1S/C12H11ClN2.2ClH/c13-11-6-2-1-5-10(11)12(14)9-4-3-7-15-8-9;;/h1-8,12H,14H2;2*1H. The molecule has 92 valence electrons. The number of hydrogen-bond acceptors (Lipinski definition) is 2. The minimum Gasteiger partial charge on any atom is -0.320 e. The summed E-state index contributed by atoms with van der Waals surface area (Å²) in [4.78, 5) is 4.04. The number of hydrogen-bond donors (Lipinski definition) is 1. The highest BCUT2D eigenvalue weighted by Crippen LogP contribution is 2.25. The van der Waals surface area contributed by atoms with Gasteiger partial charge in [0, 0.05) is 17.4 Å². The molecule has 0 aliphatic heterocycles. The van der Waals surface area contributed by atoms with Crippen molar-refractivity contribution in [3.63, 3.8) is 0 Å². The van der Waals surface area contributed by atoms with E-state index < -0.39 is 0 Å². The summed E-state index contributed by atoms with van der Waals surface area (Å²) in [5, 5.41) is 0.689. The third-order valence-electron chi connectivity index (χ3n) is 2.28. The van der Waals surface area contributed by atoms with Crippen LogP contribution in [-0.2, 0) is 0 Å². The quantitative estimate of drug-likeness (QED) is 0.917. The Balaban J connectivity index is 0.00000128. The zero-order chi connectivity index (χ0) is 10.7. The van der Waals surface area contributed by atoms with E-state index in [9.17, 15) is 0 Å². The van der Waals surface area contributed by atoms with Crippen molar-refractivity contribution in [1.29, 1.82) is 0 Å². The molecule has 2 aromatic rings. The van der Waals surface area contributed by atoms with E-state index in [1.54, 1.807) is 12.4 Å². The normalized spacial score (nSPS) is 10.9. The molecule has 2 rings (SSSR count). The van der Waals surface area contributed by atoms with Crippen LogP contribution in [0.5, 0.6) is 0 Å². The van der Waals surface area contributed by atoms with Crippen LogP contribution < -0.4 is 5.73 Å². The van der Waals surface area contributed by atoms with Gasteiger partial charge in [0.25, 0.3) is 0 Å². The first-order chi connectivity index (χ1) is 7.29. The number of aromatic nitrogens is 1. The van der Waals surface area contributed by atoms with E-state index in [-0.39, 0.29) is 30.9 Å². The van der Waals surface area contributed by atoms with E-state index in [1.165, 1.54) is 0 Å².